The maximum atomic E-state index is 10.2. The predicted molar refractivity (Wildman–Crippen MR) is 71.0 cm³/mol. The molecule has 0 saturated carbocycles. The molecule has 0 radical (unpaired) electrons. The van der Waals surface area contributed by atoms with E-state index < -0.39 is 5.60 Å². The zero-order valence-electron chi connectivity index (χ0n) is 11.3. The van der Waals surface area contributed by atoms with Crippen LogP contribution in [0.15, 0.2) is 18.2 Å². The molecule has 1 aliphatic rings. The summed E-state index contributed by atoms with van der Waals surface area (Å²) in [5.41, 5.74) is 3.66. The van der Waals surface area contributed by atoms with Crippen LogP contribution in [0.3, 0.4) is 0 Å². The topological polar surface area (TPSA) is 23.5 Å². The molecule has 1 aromatic rings. The summed E-state index contributed by atoms with van der Waals surface area (Å²) in [4.78, 5) is 2.33. The van der Waals surface area contributed by atoms with Gasteiger partial charge in [-0.3, -0.25) is 4.90 Å². The summed E-state index contributed by atoms with van der Waals surface area (Å²) >= 11 is 0. The molecule has 1 fully saturated rings. The molecular formula is C15H23NO. The third kappa shape index (κ3) is 2.38. The van der Waals surface area contributed by atoms with Crippen molar-refractivity contribution in [3.05, 3.63) is 34.9 Å². The number of aliphatic hydroxyl groups is 1. The lowest BCUT2D eigenvalue weighted by atomic mass is 9.82. The molecule has 1 heterocycles. The number of likely N-dealkylation sites (tertiary alicyclic amines) is 1. The maximum Gasteiger partial charge on any atom is 0.0923 e. The molecule has 0 aliphatic carbocycles. The zero-order chi connectivity index (χ0) is 12.6. The van der Waals surface area contributed by atoms with E-state index in [0.717, 1.165) is 19.6 Å². The molecule has 0 atom stereocenters. The van der Waals surface area contributed by atoms with Gasteiger partial charge in [0.05, 0.1) is 5.60 Å². The van der Waals surface area contributed by atoms with Crippen LogP contribution in [0.4, 0.5) is 0 Å². The van der Waals surface area contributed by atoms with Crippen LogP contribution in [0.1, 0.15) is 30.5 Å². The quantitative estimate of drug-likeness (QED) is 0.867. The smallest absolute Gasteiger partial charge is 0.0923 e. The Bertz CT molecular complexity index is 385. The number of aryl methyl sites for hydroxylation is 2. The number of hydrogen-bond acceptors (Lipinski definition) is 2. The average molecular weight is 233 g/mol. The van der Waals surface area contributed by atoms with Crippen LogP contribution in [0.2, 0.25) is 0 Å². The molecule has 2 rings (SSSR count). The Labute approximate surface area is 104 Å². The molecule has 0 unspecified atom stereocenters. The van der Waals surface area contributed by atoms with Crippen molar-refractivity contribution >= 4 is 0 Å². The van der Waals surface area contributed by atoms with Crippen molar-refractivity contribution in [1.82, 2.24) is 4.90 Å². The average Bonchev–Trinajstić information content (AvgIpc) is 2.20. The van der Waals surface area contributed by atoms with E-state index in [2.05, 4.69) is 50.8 Å². The second-order valence-electron chi connectivity index (χ2n) is 5.77. The summed E-state index contributed by atoms with van der Waals surface area (Å²) in [6.45, 7) is 11.1. The Kier molecular flexibility index (Phi) is 3.28. The van der Waals surface area contributed by atoms with E-state index in [9.17, 15) is 5.11 Å². The minimum absolute atomic E-state index is 0.344. The molecular weight excluding hydrogens is 210 g/mol. The molecule has 17 heavy (non-hydrogen) atoms. The highest BCUT2D eigenvalue weighted by Crippen LogP contribution is 2.30. The van der Waals surface area contributed by atoms with Gasteiger partial charge in [0.1, 0.15) is 0 Å². The van der Waals surface area contributed by atoms with Gasteiger partial charge in [-0.15, -0.1) is 0 Å². The van der Waals surface area contributed by atoms with E-state index in [4.69, 9.17) is 0 Å². The summed E-state index contributed by atoms with van der Waals surface area (Å²) in [5, 5.41) is 10.2. The first kappa shape index (κ1) is 12.6. The van der Waals surface area contributed by atoms with Gasteiger partial charge >= 0.3 is 0 Å². The molecule has 0 bridgehead atoms. The molecule has 1 aliphatic heterocycles. The van der Waals surface area contributed by atoms with Crippen LogP contribution in [-0.2, 0) is 6.54 Å². The Morgan fingerprint density at radius 3 is 2.24 bits per heavy atom. The highest BCUT2D eigenvalue weighted by Gasteiger charge is 2.43. The lowest BCUT2D eigenvalue weighted by Gasteiger charge is -2.49. The van der Waals surface area contributed by atoms with Gasteiger partial charge in [0.2, 0.25) is 0 Å². The minimum atomic E-state index is -0.462. The fraction of sp³-hybridized carbons (Fsp3) is 0.600. The number of β-amino-alcohol motifs (C(OH)–C–C–N with tert-alkyl or cyclic N) is 1. The van der Waals surface area contributed by atoms with Gasteiger partial charge in [0, 0.05) is 19.6 Å². The standard InChI is InChI=1S/C15H23NO/c1-11(2)15(17)9-16(10-15)8-14-12(3)6-5-7-13(14)4/h5-7,11,17H,8-10H2,1-4H3. The molecule has 1 saturated heterocycles. The second kappa shape index (κ2) is 4.43. The van der Waals surface area contributed by atoms with Gasteiger partial charge in [0.15, 0.2) is 0 Å². The van der Waals surface area contributed by atoms with Crippen molar-refractivity contribution < 1.29 is 5.11 Å². The molecule has 2 heteroatoms. The summed E-state index contributed by atoms with van der Waals surface area (Å²) in [6.07, 6.45) is 0. The van der Waals surface area contributed by atoms with Crippen LogP contribution < -0.4 is 0 Å². The summed E-state index contributed by atoms with van der Waals surface area (Å²) < 4.78 is 0. The van der Waals surface area contributed by atoms with Crippen molar-refractivity contribution in [2.45, 2.75) is 39.8 Å². The third-order valence-electron chi connectivity index (χ3n) is 4.10. The van der Waals surface area contributed by atoms with Crippen molar-refractivity contribution in [3.63, 3.8) is 0 Å². The predicted octanol–water partition coefficient (Wildman–Crippen LogP) is 2.51. The molecule has 1 N–H and O–H groups in total. The van der Waals surface area contributed by atoms with Crippen molar-refractivity contribution in [3.8, 4) is 0 Å². The van der Waals surface area contributed by atoms with Crippen LogP contribution in [0, 0.1) is 19.8 Å². The number of hydrogen-bond donors (Lipinski definition) is 1. The molecule has 94 valence electrons. The van der Waals surface area contributed by atoms with Crippen LogP contribution >= 0.6 is 0 Å². The molecule has 0 aromatic heterocycles. The van der Waals surface area contributed by atoms with Crippen LogP contribution in [0.25, 0.3) is 0 Å². The lowest BCUT2D eigenvalue weighted by molar-refractivity contribution is -0.130. The van der Waals surface area contributed by atoms with E-state index in [0.29, 0.717) is 5.92 Å². The van der Waals surface area contributed by atoms with Crippen molar-refractivity contribution in [2.24, 2.45) is 5.92 Å². The normalized spacial score (nSPS) is 19.4. The van der Waals surface area contributed by atoms with E-state index in [1.165, 1.54) is 16.7 Å². The minimum Gasteiger partial charge on any atom is -0.387 e. The SMILES string of the molecule is Cc1cccc(C)c1CN1CC(O)(C(C)C)C1. The first-order chi connectivity index (χ1) is 7.92. The largest absolute Gasteiger partial charge is 0.387 e. The third-order valence-corrected chi connectivity index (χ3v) is 4.10. The van der Waals surface area contributed by atoms with Crippen molar-refractivity contribution in [1.29, 1.82) is 0 Å². The van der Waals surface area contributed by atoms with Gasteiger partial charge < -0.3 is 5.11 Å². The second-order valence-corrected chi connectivity index (χ2v) is 5.77. The van der Waals surface area contributed by atoms with E-state index in [1.807, 2.05) is 0 Å². The van der Waals surface area contributed by atoms with Gasteiger partial charge in [-0.05, 0) is 36.5 Å². The number of nitrogens with zero attached hydrogens (tertiary/aromatic N) is 1. The molecule has 1 aromatic carbocycles. The van der Waals surface area contributed by atoms with Gasteiger partial charge in [-0.1, -0.05) is 32.0 Å². The van der Waals surface area contributed by atoms with E-state index in [1.54, 1.807) is 0 Å². The summed E-state index contributed by atoms with van der Waals surface area (Å²) in [7, 11) is 0. The molecule has 0 amide bonds. The first-order valence-corrected chi connectivity index (χ1v) is 6.42. The zero-order valence-corrected chi connectivity index (χ0v) is 11.3. The summed E-state index contributed by atoms with van der Waals surface area (Å²) in [5.74, 6) is 0.344. The first-order valence-electron chi connectivity index (χ1n) is 6.42. The number of benzene rings is 1. The Morgan fingerprint density at radius 2 is 1.76 bits per heavy atom. The van der Waals surface area contributed by atoms with Crippen LogP contribution in [-0.4, -0.2) is 28.7 Å². The maximum absolute atomic E-state index is 10.2. The van der Waals surface area contributed by atoms with E-state index in [-0.39, 0.29) is 0 Å². The Hall–Kier alpha value is -0.860. The summed E-state index contributed by atoms with van der Waals surface area (Å²) in [6, 6.07) is 6.43. The van der Waals surface area contributed by atoms with Gasteiger partial charge in [-0.2, -0.15) is 0 Å². The number of rotatable bonds is 3. The molecule has 0 spiro atoms. The lowest BCUT2D eigenvalue weighted by Crippen LogP contribution is -2.63. The fourth-order valence-corrected chi connectivity index (χ4v) is 2.53. The Balaban J connectivity index is 2.01. The fourth-order valence-electron chi connectivity index (χ4n) is 2.53. The highest BCUT2D eigenvalue weighted by molar-refractivity contribution is 5.33. The van der Waals surface area contributed by atoms with E-state index >= 15 is 0 Å². The van der Waals surface area contributed by atoms with Gasteiger partial charge in [0.25, 0.3) is 0 Å². The van der Waals surface area contributed by atoms with Crippen LogP contribution in [0.5, 0.6) is 0 Å². The highest BCUT2D eigenvalue weighted by atomic mass is 16.3. The molecule has 2 nitrogen and oxygen atoms in total. The van der Waals surface area contributed by atoms with Crippen molar-refractivity contribution in [2.75, 3.05) is 13.1 Å². The van der Waals surface area contributed by atoms with Gasteiger partial charge in [-0.25, -0.2) is 0 Å². The monoisotopic (exact) mass is 233 g/mol. The Morgan fingerprint density at radius 1 is 1.24 bits per heavy atom.